The Kier molecular flexibility index (Phi) is 2.47. The molecule has 0 fully saturated rings. The predicted molar refractivity (Wildman–Crippen MR) is 40.0 cm³/mol. The fourth-order valence-corrected chi connectivity index (χ4v) is 0.758. The zero-order valence-electron chi connectivity index (χ0n) is 6.67. The van der Waals surface area contributed by atoms with Gasteiger partial charge in [-0.25, -0.2) is 4.98 Å². The highest BCUT2D eigenvalue weighted by Gasteiger charge is 2.32. The maximum Gasteiger partial charge on any atom is 0.573 e. The number of nitrogens with zero attached hydrogens (tertiary/aromatic N) is 2. The summed E-state index contributed by atoms with van der Waals surface area (Å²) in [6.07, 6.45) is -3.82. The van der Waals surface area contributed by atoms with E-state index in [-0.39, 0.29) is 5.69 Å². The number of hydrogen-bond acceptors (Lipinski definition) is 4. The molecule has 0 spiro atoms. The van der Waals surface area contributed by atoms with Gasteiger partial charge in [0.1, 0.15) is 11.8 Å². The first-order chi connectivity index (χ1) is 6.44. The minimum atomic E-state index is -4.83. The molecule has 0 atom stereocenters. The molecule has 7 heteroatoms. The molecule has 0 aromatic carbocycles. The van der Waals surface area contributed by atoms with Crippen molar-refractivity contribution in [2.24, 2.45) is 0 Å². The van der Waals surface area contributed by atoms with Crippen molar-refractivity contribution in [1.82, 2.24) is 4.98 Å². The molecule has 0 saturated heterocycles. The third-order valence-electron chi connectivity index (χ3n) is 1.28. The maximum absolute atomic E-state index is 11.8. The third-order valence-corrected chi connectivity index (χ3v) is 1.28. The molecule has 14 heavy (non-hydrogen) atoms. The van der Waals surface area contributed by atoms with Crippen LogP contribution in [-0.2, 0) is 0 Å². The number of ether oxygens (including phenoxy) is 1. The van der Waals surface area contributed by atoms with Crippen LogP contribution in [0, 0.1) is 11.3 Å². The van der Waals surface area contributed by atoms with Gasteiger partial charge in [-0.3, -0.25) is 0 Å². The fraction of sp³-hybridized carbons (Fsp3) is 0.143. The number of alkyl halides is 3. The van der Waals surface area contributed by atoms with Gasteiger partial charge in [0.25, 0.3) is 0 Å². The average Bonchev–Trinajstić information content (AvgIpc) is 2.06. The van der Waals surface area contributed by atoms with E-state index in [1.165, 1.54) is 6.07 Å². The van der Waals surface area contributed by atoms with Gasteiger partial charge in [0.2, 0.25) is 0 Å². The summed E-state index contributed by atoms with van der Waals surface area (Å²) >= 11 is 0. The molecule has 0 aliphatic heterocycles. The highest BCUT2D eigenvalue weighted by atomic mass is 19.4. The molecule has 0 radical (unpaired) electrons. The van der Waals surface area contributed by atoms with Crippen LogP contribution in [0.1, 0.15) is 5.69 Å². The molecule has 0 aliphatic rings. The van der Waals surface area contributed by atoms with Crippen LogP contribution in [-0.4, -0.2) is 11.3 Å². The number of aromatic nitrogens is 1. The highest BCUT2D eigenvalue weighted by Crippen LogP contribution is 2.28. The van der Waals surface area contributed by atoms with Gasteiger partial charge in [-0.1, -0.05) is 0 Å². The van der Waals surface area contributed by atoms with E-state index < -0.39 is 17.8 Å². The summed E-state index contributed by atoms with van der Waals surface area (Å²) in [4.78, 5) is 3.45. The lowest BCUT2D eigenvalue weighted by atomic mass is 10.3. The molecule has 1 aromatic heterocycles. The molecule has 4 nitrogen and oxygen atoms in total. The molecular weight excluding hydrogens is 199 g/mol. The summed E-state index contributed by atoms with van der Waals surface area (Å²) in [6, 6.07) is 2.47. The van der Waals surface area contributed by atoms with Crippen LogP contribution in [0.3, 0.4) is 0 Å². The van der Waals surface area contributed by atoms with E-state index >= 15 is 0 Å². The number of nitrogen functional groups attached to an aromatic ring is 1. The number of anilines is 1. The van der Waals surface area contributed by atoms with Gasteiger partial charge in [0.05, 0.1) is 0 Å². The van der Waals surface area contributed by atoms with Gasteiger partial charge < -0.3 is 10.5 Å². The standard InChI is InChI=1S/C7H4F3N3O/c8-7(9,10)14-5-1-2-13-4(3-11)6(5)12/h1-2H,12H2. The van der Waals surface area contributed by atoms with E-state index in [1.54, 1.807) is 0 Å². The Morgan fingerprint density at radius 2 is 2.14 bits per heavy atom. The minimum Gasteiger partial charge on any atom is -0.403 e. The first kappa shape index (κ1) is 10.1. The van der Waals surface area contributed by atoms with Crippen molar-refractivity contribution < 1.29 is 17.9 Å². The van der Waals surface area contributed by atoms with E-state index in [4.69, 9.17) is 11.0 Å². The molecule has 0 saturated carbocycles. The van der Waals surface area contributed by atoms with Crippen LogP contribution in [0.25, 0.3) is 0 Å². The normalized spacial score (nSPS) is 10.7. The average molecular weight is 203 g/mol. The topological polar surface area (TPSA) is 71.9 Å². The monoisotopic (exact) mass is 203 g/mol. The van der Waals surface area contributed by atoms with Crippen molar-refractivity contribution in [2.75, 3.05) is 5.73 Å². The van der Waals surface area contributed by atoms with Crippen molar-refractivity contribution in [3.63, 3.8) is 0 Å². The Labute approximate surface area is 76.7 Å². The largest absolute Gasteiger partial charge is 0.573 e. The summed E-state index contributed by atoms with van der Waals surface area (Å²) in [5, 5.41) is 8.41. The first-order valence-corrected chi connectivity index (χ1v) is 3.34. The fourth-order valence-electron chi connectivity index (χ4n) is 0.758. The smallest absolute Gasteiger partial charge is 0.403 e. The van der Waals surface area contributed by atoms with Crippen molar-refractivity contribution >= 4 is 5.69 Å². The number of halogens is 3. The zero-order valence-corrected chi connectivity index (χ0v) is 6.67. The number of rotatable bonds is 1. The van der Waals surface area contributed by atoms with Gasteiger partial charge in [0.15, 0.2) is 11.4 Å². The molecule has 0 amide bonds. The Morgan fingerprint density at radius 3 is 2.64 bits per heavy atom. The Bertz CT molecular complexity index is 383. The van der Waals surface area contributed by atoms with Gasteiger partial charge in [-0.05, 0) is 0 Å². The van der Waals surface area contributed by atoms with Crippen LogP contribution in [0.5, 0.6) is 5.75 Å². The lowest BCUT2D eigenvalue weighted by Crippen LogP contribution is -2.18. The van der Waals surface area contributed by atoms with Gasteiger partial charge >= 0.3 is 6.36 Å². The third kappa shape index (κ3) is 2.26. The van der Waals surface area contributed by atoms with E-state index in [0.29, 0.717) is 0 Å². The van der Waals surface area contributed by atoms with Crippen LogP contribution in [0.15, 0.2) is 12.3 Å². The minimum absolute atomic E-state index is 0.299. The highest BCUT2D eigenvalue weighted by molar-refractivity contribution is 5.59. The second-order valence-corrected chi connectivity index (χ2v) is 2.23. The van der Waals surface area contributed by atoms with Gasteiger partial charge in [-0.2, -0.15) is 5.26 Å². The SMILES string of the molecule is N#Cc1nccc(OC(F)(F)F)c1N. The summed E-state index contributed by atoms with van der Waals surface area (Å²) < 4.78 is 38.9. The lowest BCUT2D eigenvalue weighted by molar-refractivity contribution is -0.274. The second kappa shape index (κ2) is 3.41. The van der Waals surface area contributed by atoms with Crippen LogP contribution >= 0.6 is 0 Å². The molecule has 0 aliphatic carbocycles. The molecular formula is C7H4F3N3O. The number of hydrogen-bond donors (Lipinski definition) is 1. The molecule has 1 aromatic rings. The summed E-state index contributed by atoms with van der Waals surface area (Å²) in [5.41, 5.74) is 4.47. The second-order valence-electron chi connectivity index (χ2n) is 2.23. The van der Waals surface area contributed by atoms with Crippen LogP contribution < -0.4 is 10.5 Å². The van der Waals surface area contributed by atoms with Crippen molar-refractivity contribution in [2.45, 2.75) is 6.36 Å². The molecule has 0 unspecified atom stereocenters. The Morgan fingerprint density at radius 1 is 1.50 bits per heavy atom. The summed E-state index contributed by atoms with van der Waals surface area (Å²) in [6.45, 7) is 0. The van der Waals surface area contributed by atoms with E-state index in [0.717, 1.165) is 12.3 Å². The van der Waals surface area contributed by atoms with Crippen LogP contribution in [0.4, 0.5) is 18.9 Å². The molecule has 1 rings (SSSR count). The van der Waals surface area contributed by atoms with Crippen molar-refractivity contribution in [1.29, 1.82) is 5.26 Å². The van der Waals surface area contributed by atoms with Crippen molar-refractivity contribution in [3.8, 4) is 11.8 Å². The Balaban J connectivity index is 3.06. The summed E-state index contributed by atoms with van der Waals surface area (Å²) in [7, 11) is 0. The summed E-state index contributed by atoms with van der Waals surface area (Å²) in [5.74, 6) is -0.621. The zero-order chi connectivity index (χ0) is 10.8. The van der Waals surface area contributed by atoms with E-state index in [1.807, 2.05) is 0 Å². The number of nitriles is 1. The van der Waals surface area contributed by atoms with E-state index in [2.05, 4.69) is 9.72 Å². The quantitative estimate of drug-likeness (QED) is 0.749. The van der Waals surface area contributed by atoms with Gasteiger partial charge in [-0.15, -0.1) is 13.2 Å². The molecule has 74 valence electrons. The number of nitrogens with two attached hydrogens (primary N) is 1. The predicted octanol–water partition coefficient (Wildman–Crippen LogP) is 1.43. The number of pyridine rings is 1. The van der Waals surface area contributed by atoms with Crippen LogP contribution in [0.2, 0.25) is 0 Å². The molecule has 1 heterocycles. The lowest BCUT2D eigenvalue weighted by Gasteiger charge is -2.10. The van der Waals surface area contributed by atoms with Gasteiger partial charge in [0, 0.05) is 12.3 Å². The maximum atomic E-state index is 11.8. The first-order valence-electron chi connectivity index (χ1n) is 3.34. The molecule has 0 bridgehead atoms. The van der Waals surface area contributed by atoms with E-state index in [9.17, 15) is 13.2 Å². The van der Waals surface area contributed by atoms with Crippen molar-refractivity contribution in [3.05, 3.63) is 18.0 Å². The molecule has 2 N–H and O–H groups in total. The Hall–Kier alpha value is -1.97.